The molecule has 0 amide bonds. The zero-order chi connectivity index (χ0) is 16.3. The summed E-state index contributed by atoms with van der Waals surface area (Å²) in [7, 11) is 1.42. The summed E-state index contributed by atoms with van der Waals surface area (Å²) in [5.41, 5.74) is 6.70. The number of allylic oxidation sites excluding steroid dienone is 2. The Hall–Kier alpha value is -2.81. The summed E-state index contributed by atoms with van der Waals surface area (Å²) >= 11 is 0. The molecule has 2 unspecified atom stereocenters. The maximum Gasteiger partial charge on any atom is 0.337 e. The molecule has 0 aliphatic heterocycles. The predicted octanol–water partition coefficient (Wildman–Crippen LogP) is 4.89. The molecule has 0 N–H and O–H groups in total. The minimum atomic E-state index is -0.273. The van der Waals surface area contributed by atoms with Crippen molar-refractivity contribution in [2.45, 2.75) is 18.3 Å². The van der Waals surface area contributed by atoms with Crippen LogP contribution in [0, 0.1) is 0 Å². The van der Waals surface area contributed by atoms with Crippen molar-refractivity contribution in [1.29, 1.82) is 0 Å². The van der Waals surface area contributed by atoms with Gasteiger partial charge in [-0.1, -0.05) is 30.3 Å². The van der Waals surface area contributed by atoms with Crippen LogP contribution in [0.25, 0.3) is 16.5 Å². The Bertz CT molecular complexity index is 1010. The van der Waals surface area contributed by atoms with Crippen molar-refractivity contribution in [1.82, 2.24) is 0 Å². The molecule has 1 heterocycles. The number of methoxy groups -OCH3 is 1. The molecule has 2 aromatic carbocycles. The topological polar surface area (TPSA) is 39.4 Å². The van der Waals surface area contributed by atoms with Crippen molar-refractivity contribution in [2.24, 2.45) is 0 Å². The maximum atomic E-state index is 11.8. The summed E-state index contributed by atoms with van der Waals surface area (Å²) in [6.07, 6.45) is 5.29. The van der Waals surface area contributed by atoms with Crippen LogP contribution in [0.5, 0.6) is 0 Å². The van der Waals surface area contributed by atoms with Crippen LogP contribution in [0.1, 0.15) is 45.3 Å². The molecular weight excluding hydrogens is 300 g/mol. The summed E-state index contributed by atoms with van der Waals surface area (Å²) in [6.45, 7) is 0. The van der Waals surface area contributed by atoms with E-state index in [-0.39, 0.29) is 5.97 Å². The van der Waals surface area contributed by atoms with Gasteiger partial charge in [0.15, 0.2) is 0 Å². The molecular formula is C21H16O3. The van der Waals surface area contributed by atoms with Gasteiger partial charge in [0.1, 0.15) is 5.58 Å². The molecule has 24 heavy (non-hydrogen) atoms. The summed E-state index contributed by atoms with van der Waals surface area (Å²) in [5, 5.41) is 1.17. The minimum absolute atomic E-state index is 0.273. The van der Waals surface area contributed by atoms with E-state index in [1.807, 2.05) is 36.6 Å². The van der Waals surface area contributed by atoms with Crippen molar-refractivity contribution in [3.8, 4) is 0 Å². The number of esters is 1. The van der Waals surface area contributed by atoms with Crippen molar-refractivity contribution in [3.05, 3.63) is 77.1 Å². The Morgan fingerprint density at radius 1 is 1.17 bits per heavy atom. The van der Waals surface area contributed by atoms with Gasteiger partial charge in [-0.15, -0.1) is 0 Å². The third kappa shape index (κ3) is 1.75. The van der Waals surface area contributed by atoms with Gasteiger partial charge in [0.2, 0.25) is 0 Å². The molecule has 3 heteroatoms. The summed E-state index contributed by atoms with van der Waals surface area (Å²) in [6, 6.07) is 14.1. The second-order valence-corrected chi connectivity index (χ2v) is 6.50. The maximum absolute atomic E-state index is 11.8. The van der Waals surface area contributed by atoms with Gasteiger partial charge in [-0.3, -0.25) is 0 Å². The van der Waals surface area contributed by atoms with Gasteiger partial charge in [0.25, 0.3) is 0 Å². The lowest BCUT2D eigenvalue weighted by molar-refractivity contribution is 0.0600. The molecule has 2 aliphatic carbocycles. The summed E-state index contributed by atoms with van der Waals surface area (Å²) < 4.78 is 10.6. The fourth-order valence-corrected chi connectivity index (χ4v) is 4.23. The Balaban J connectivity index is 1.59. The van der Waals surface area contributed by atoms with Crippen LogP contribution < -0.4 is 0 Å². The van der Waals surface area contributed by atoms with E-state index < -0.39 is 0 Å². The molecule has 0 saturated heterocycles. The van der Waals surface area contributed by atoms with Crippen LogP contribution >= 0.6 is 0 Å². The second-order valence-electron chi connectivity index (χ2n) is 6.50. The molecule has 1 aromatic heterocycles. The number of para-hydroxylation sites is 1. The zero-order valence-corrected chi connectivity index (χ0v) is 13.3. The molecule has 0 fully saturated rings. The van der Waals surface area contributed by atoms with E-state index >= 15 is 0 Å². The standard InChI is InChI=1S/C21H16O3/c1-23-21(22)12-6-7-14-16(8-12)13-9-17(14)18(10-13)19-11-24-20-5-3-2-4-15(19)20/h2-8,10-11,13,17H,9H2,1H3. The minimum Gasteiger partial charge on any atom is -0.465 e. The monoisotopic (exact) mass is 316 g/mol. The zero-order valence-electron chi connectivity index (χ0n) is 13.3. The van der Waals surface area contributed by atoms with Crippen LogP contribution in [-0.4, -0.2) is 13.1 Å². The van der Waals surface area contributed by atoms with E-state index in [1.165, 1.54) is 34.8 Å². The highest BCUT2D eigenvalue weighted by atomic mass is 16.5. The largest absolute Gasteiger partial charge is 0.465 e. The fraction of sp³-hybridized carbons (Fsp3) is 0.190. The highest BCUT2D eigenvalue weighted by molar-refractivity contribution is 5.95. The average Bonchev–Trinajstić information content (AvgIpc) is 3.33. The number of rotatable bonds is 2. The van der Waals surface area contributed by atoms with Gasteiger partial charge in [-0.2, -0.15) is 0 Å². The number of carbonyl (C=O) groups is 1. The van der Waals surface area contributed by atoms with E-state index in [9.17, 15) is 4.79 Å². The van der Waals surface area contributed by atoms with Gasteiger partial charge in [0, 0.05) is 22.8 Å². The first-order chi connectivity index (χ1) is 11.8. The Kier molecular flexibility index (Phi) is 2.75. The molecule has 2 aliphatic rings. The first kappa shape index (κ1) is 13.6. The first-order valence-corrected chi connectivity index (χ1v) is 8.16. The number of ether oxygens (including phenoxy) is 1. The van der Waals surface area contributed by atoms with E-state index in [1.54, 1.807) is 0 Å². The number of fused-ring (bicyclic) bond motifs is 6. The van der Waals surface area contributed by atoms with Gasteiger partial charge < -0.3 is 9.15 Å². The van der Waals surface area contributed by atoms with E-state index in [0.29, 0.717) is 17.4 Å². The third-order valence-corrected chi connectivity index (χ3v) is 5.32. The number of benzene rings is 2. The molecule has 3 nitrogen and oxygen atoms in total. The van der Waals surface area contributed by atoms with Crippen molar-refractivity contribution < 1.29 is 13.9 Å². The normalized spacial score (nSPS) is 21.0. The number of hydrogen-bond acceptors (Lipinski definition) is 3. The summed E-state index contributed by atoms with van der Waals surface area (Å²) in [4.78, 5) is 11.8. The smallest absolute Gasteiger partial charge is 0.337 e. The second kappa shape index (κ2) is 4.84. The van der Waals surface area contributed by atoms with Crippen LogP contribution in [0.4, 0.5) is 0 Å². The molecule has 0 spiro atoms. The lowest BCUT2D eigenvalue weighted by atomic mass is 9.86. The van der Waals surface area contributed by atoms with Crippen LogP contribution in [-0.2, 0) is 4.74 Å². The molecule has 2 atom stereocenters. The van der Waals surface area contributed by atoms with E-state index in [0.717, 1.165) is 12.0 Å². The predicted molar refractivity (Wildman–Crippen MR) is 92.1 cm³/mol. The Morgan fingerprint density at radius 2 is 2.04 bits per heavy atom. The van der Waals surface area contributed by atoms with Crippen LogP contribution in [0.3, 0.4) is 0 Å². The number of hydrogen-bond donors (Lipinski definition) is 0. The Morgan fingerprint density at radius 3 is 2.92 bits per heavy atom. The van der Waals surface area contributed by atoms with E-state index in [4.69, 9.17) is 9.15 Å². The van der Waals surface area contributed by atoms with Crippen molar-refractivity contribution >= 4 is 22.5 Å². The third-order valence-electron chi connectivity index (χ3n) is 5.32. The molecule has 118 valence electrons. The average molecular weight is 316 g/mol. The molecule has 0 radical (unpaired) electrons. The van der Waals surface area contributed by atoms with Gasteiger partial charge >= 0.3 is 5.97 Å². The lowest BCUT2D eigenvalue weighted by Crippen LogP contribution is -2.05. The molecule has 3 aromatic rings. The van der Waals surface area contributed by atoms with Crippen molar-refractivity contribution in [2.75, 3.05) is 7.11 Å². The van der Waals surface area contributed by atoms with Gasteiger partial charge in [0.05, 0.1) is 18.9 Å². The molecule has 5 rings (SSSR count). The SMILES string of the molecule is COC(=O)c1ccc2c(c1)C1C=C(c3coc4ccccc34)C2C1. The van der Waals surface area contributed by atoms with Crippen LogP contribution in [0.15, 0.2) is 59.2 Å². The highest BCUT2D eigenvalue weighted by Crippen LogP contribution is 2.56. The first-order valence-electron chi connectivity index (χ1n) is 8.16. The number of carbonyl (C=O) groups excluding carboxylic acids is 1. The van der Waals surface area contributed by atoms with E-state index in [2.05, 4.69) is 18.2 Å². The highest BCUT2D eigenvalue weighted by Gasteiger charge is 2.39. The quantitative estimate of drug-likeness (QED) is 0.632. The molecule has 0 saturated carbocycles. The Labute approximate surface area is 139 Å². The summed E-state index contributed by atoms with van der Waals surface area (Å²) in [5.74, 6) is 0.488. The van der Waals surface area contributed by atoms with Gasteiger partial charge in [-0.05, 0) is 41.3 Å². The number of furan rings is 1. The van der Waals surface area contributed by atoms with Crippen LogP contribution in [0.2, 0.25) is 0 Å². The molecule has 2 bridgehead atoms. The lowest BCUT2D eigenvalue weighted by Gasteiger charge is -2.17. The fourth-order valence-electron chi connectivity index (χ4n) is 4.23. The van der Waals surface area contributed by atoms with Crippen molar-refractivity contribution in [3.63, 3.8) is 0 Å². The van der Waals surface area contributed by atoms with Gasteiger partial charge in [-0.25, -0.2) is 4.79 Å².